The second-order valence-electron chi connectivity index (χ2n) is 11.2. The monoisotopic (exact) mass is 528 g/mol. The molecule has 2 heterocycles. The van der Waals surface area contributed by atoms with Crippen molar-refractivity contribution in [2.75, 3.05) is 13.7 Å². The Kier molecular flexibility index (Phi) is 7.07. The lowest BCUT2D eigenvalue weighted by Crippen LogP contribution is -2.40. The van der Waals surface area contributed by atoms with Gasteiger partial charge in [-0.3, -0.25) is 9.69 Å². The van der Waals surface area contributed by atoms with Crippen LogP contribution in [0, 0.1) is 13.8 Å². The molecular formula is C31H36N4O4. The van der Waals surface area contributed by atoms with Crippen molar-refractivity contribution in [3.05, 3.63) is 81.9 Å². The highest BCUT2D eigenvalue weighted by atomic mass is 16.5. The number of aromatic nitrogens is 3. The summed E-state index contributed by atoms with van der Waals surface area (Å²) in [6, 6.07) is 16.3. The van der Waals surface area contributed by atoms with E-state index in [-0.39, 0.29) is 17.9 Å². The number of hydrogen-bond acceptors (Lipinski definition) is 6. The van der Waals surface area contributed by atoms with E-state index in [1.54, 1.807) is 11.8 Å². The molecular weight excluding hydrogens is 492 g/mol. The van der Waals surface area contributed by atoms with Crippen molar-refractivity contribution in [1.82, 2.24) is 19.9 Å². The highest BCUT2D eigenvalue weighted by Gasteiger charge is 2.30. The van der Waals surface area contributed by atoms with Crippen molar-refractivity contribution in [1.29, 1.82) is 0 Å². The van der Waals surface area contributed by atoms with Crippen LogP contribution in [0.15, 0.2) is 48.5 Å². The van der Waals surface area contributed by atoms with Gasteiger partial charge in [0.05, 0.1) is 19.0 Å². The molecule has 0 fully saturated rings. The molecule has 1 atom stereocenters. The molecule has 0 amide bonds. The van der Waals surface area contributed by atoms with Gasteiger partial charge in [0.25, 0.3) is 0 Å². The average molecular weight is 529 g/mol. The number of aliphatic carboxylic acids is 1. The van der Waals surface area contributed by atoms with E-state index < -0.39 is 5.97 Å². The smallest absolute Gasteiger partial charge is 0.304 e. The summed E-state index contributed by atoms with van der Waals surface area (Å²) in [5.74, 6) is 0.548. The number of methoxy groups -OCH3 is 1. The number of benzene rings is 3. The van der Waals surface area contributed by atoms with Crippen LogP contribution in [-0.2, 0) is 24.9 Å². The first kappa shape index (κ1) is 26.7. The van der Waals surface area contributed by atoms with Crippen molar-refractivity contribution in [2.24, 2.45) is 7.05 Å². The summed E-state index contributed by atoms with van der Waals surface area (Å²) >= 11 is 0. The minimum absolute atomic E-state index is 0.00708. The minimum atomic E-state index is -0.835. The first-order valence-corrected chi connectivity index (χ1v) is 13.2. The Morgan fingerprint density at radius 3 is 2.69 bits per heavy atom. The number of ether oxygens (including phenoxy) is 2. The summed E-state index contributed by atoms with van der Waals surface area (Å²) in [6.07, 6.45) is -0.00708. The molecule has 1 unspecified atom stereocenters. The van der Waals surface area contributed by atoms with Gasteiger partial charge in [-0.15, -0.1) is 5.10 Å². The average Bonchev–Trinajstić information content (AvgIpc) is 3.20. The Morgan fingerprint density at radius 1 is 1.15 bits per heavy atom. The van der Waals surface area contributed by atoms with Gasteiger partial charge < -0.3 is 14.6 Å². The lowest BCUT2D eigenvalue weighted by atomic mass is 9.84. The summed E-state index contributed by atoms with van der Waals surface area (Å²) in [6.45, 7) is 10.5. The number of carboxylic acids is 1. The fourth-order valence-corrected chi connectivity index (χ4v) is 5.71. The second kappa shape index (κ2) is 10.3. The van der Waals surface area contributed by atoms with E-state index in [1.807, 2.05) is 44.3 Å². The molecule has 1 aliphatic rings. The fraction of sp³-hybridized carbons (Fsp3) is 0.387. The van der Waals surface area contributed by atoms with Crippen LogP contribution in [0.2, 0.25) is 0 Å². The van der Waals surface area contributed by atoms with Crippen LogP contribution in [0.25, 0.3) is 11.0 Å². The number of nitrogens with zero attached hydrogens (tertiary/aromatic N) is 4. The van der Waals surface area contributed by atoms with Crippen molar-refractivity contribution in [3.8, 4) is 11.5 Å². The topological polar surface area (TPSA) is 89.7 Å². The SMILES string of the molecule is COc1ccc2c(c1)CN(Cc1cc(C(CC(=O)O)c3ccc4c(nnn4C)c3C)ccc1C)CC(C)(C)O2. The molecule has 3 aromatic carbocycles. The largest absolute Gasteiger partial charge is 0.497 e. The molecule has 4 aromatic rings. The molecule has 8 nitrogen and oxygen atoms in total. The molecule has 1 aromatic heterocycles. The van der Waals surface area contributed by atoms with Gasteiger partial charge in [-0.2, -0.15) is 0 Å². The number of carbonyl (C=O) groups is 1. The van der Waals surface area contributed by atoms with E-state index >= 15 is 0 Å². The van der Waals surface area contributed by atoms with Crippen LogP contribution < -0.4 is 9.47 Å². The van der Waals surface area contributed by atoms with E-state index in [0.29, 0.717) is 6.54 Å². The van der Waals surface area contributed by atoms with Gasteiger partial charge in [0, 0.05) is 38.2 Å². The quantitative estimate of drug-likeness (QED) is 0.345. The zero-order chi connectivity index (χ0) is 27.9. The van der Waals surface area contributed by atoms with Gasteiger partial charge in [-0.25, -0.2) is 4.68 Å². The molecule has 0 radical (unpaired) electrons. The van der Waals surface area contributed by atoms with E-state index in [9.17, 15) is 9.90 Å². The summed E-state index contributed by atoms with van der Waals surface area (Å²) in [4.78, 5) is 14.4. The van der Waals surface area contributed by atoms with Crippen molar-refractivity contribution in [3.63, 3.8) is 0 Å². The lowest BCUT2D eigenvalue weighted by molar-refractivity contribution is -0.137. The molecule has 0 spiro atoms. The number of hydrogen-bond donors (Lipinski definition) is 1. The van der Waals surface area contributed by atoms with Gasteiger partial charge in [0.1, 0.15) is 22.6 Å². The normalized spacial score (nSPS) is 15.8. The van der Waals surface area contributed by atoms with Crippen LogP contribution in [0.4, 0.5) is 0 Å². The number of rotatable bonds is 7. The summed E-state index contributed by atoms with van der Waals surface area (Å²) in [5.41, 5.74) is 7.70. The van der Waals surface area contributed by atoms with Crippen molar-refractivity contribution < 1.29 is 19.4 Å². The van der Waals surface area contributed by atoms with Gasteiger partial charge >= 0.3 is 5.97 Å². The zero-order valence-corrected chi connectivity index (χ0v) is 23.5. The number of fused-ring (bicyclic) bond motifs is 2. The molecule has 0 bridgehead atoms. The van der Waals surface area contributed by atoms with E-state index in [1.165, 1.54) is 11.1 Å². The second-order valence-corrected chi connectivity index (χ2v) is 11.2. The number of carboxylic acid groups (broad SMARTS) is 1. The Bertz CT molecular complexity index is 1540. The maximum absolute atomic E-state index is 12.0. The van der Waals surface area contributed by atoms with Gasteiger partial charge in [-0.1, -0.05) is 29.5 Å². The highest BCUT2D eigenvalue weighted by Crippen LogP contribution is 2.36. The molecule has 0 saturated carbocycles. The third-order valence-corrected chi connectivity index (χ3v) is 7.66. The van der Waals surface area contributed by atoms with Gasteiger partial charge in [-0.05, 0) is 79.8 Å². The van der Waals surface area contributed by atoms with Crippen LogP contribution in [0.5, 0.6) is 11.5 Å². The Hall–Kier alpha value is -3.91. The molecule has 1 N–H and O–H groups in total. The van der Waals surface area contributed by atoms with Crippen LogP contribution in [-0.4, -0.2) is 50.2 Å². The maximum Gasteiger partial charge on any atom is 0.304 e. The van der Waals surface area contributed by atoms with Crippen molar-refractivity contribution >= 4 is 17.0 Å². The van der Waals surface area contributed by atoms with E-state index in [0.717, 1.165) is 57.9 Å². The predicted octanol–water partition coefficient (Wildman–Crippen LogP) is 5.37. The molecule has 204 valence electrons. The summed E-state index contributed by atoms with van der Waals surface area (Å²) in [5, 5.41) is 18.3. The summed E-state index contributed by atoms with van der Waals surface area (Å²) in [7, 11) is 3.53. The molecule has 0 saturated heterocycles. The third-order valence-electron chi connectivity index (χ3n) is 7.66. The number of aryl methyl sites for hydroxylation is 3. The van der Waals surface area contributed by atoms with Crippen LogP contribution in [0.3, 0.4) is 0 Å². The molecule has 5 rings (SSSR count). The maximum atomic E-state index is 12.0. The van der Waals surface area contributed by atoms with Crippen molar-refractivity contribution in [2.45, 2.75) is 58.7 Å². The zero-order valence-electron chi connectivity index (χ0n) is 23.5. The van der Waals surface area contributed by atoms with Gasteiger partial charge in [0.2, 0.25) is 0 Å². The standard InChI is InChI=1S/C31H36N4O4/c1-19-7-8-21(26(15-29(36)37)25-10-11-27-30(20(25)2)32-33-34(27)5)13-22(19)16-35-17-23-14-24(38-6)9-12-28(23)39-31(3,4)18-35/h7-14,26H,15-18H2,1-6H3,(H,36,37). The third kappa shape index (κ3) is 5.47. The molecule has 0 aliphatic carbocycles. The predicted molar refractivity (Wildman–Crippen MR) is 150 cm³/mol. The fourth-order valence-electron chi connectivity index (χ4n) is 5.71. The Labute approximate surface area is 229 Å². The Morgan fingerprint density at radius 2 is 1.95 bits per heavy atom. The van der Waals surface area contributed by atoms with E-state index in [2.05, 4.69) is 54.2 Å². The van der Waals surface area contributed by atoms with E-state index in [4.69, 9.17) is 9.47 Å². The molecule has 8 heteroatoms. The van der Waals surface area contributed by atoms with Crippen LogP contribution in [0.1, 0.15) is 59.6 Å². The van der Waals surface area contributed by atoms with Gasteiger partial charge in [0.15, 0.2) is 0 Å². The Balaban J connectivity index is 1.51. The van der Waals surface area contributed by atoms with Crippen LogP contribution >= 0.6 is 0 Å². The summed E-state index contributed by atoms with van der Waals surface area (Å²) < 4.78 is 13.6. The molecule has 1 aliphatic heterocycles. The molecule has 39 heavy (non-hydrogen) atoms. The highest BCUT2D eigenvalue weighted by molar-refractivity contribution is 5.80. The minimum Gasteiger partial charge on any atom is -0.497 e. The first-order chi connectivity index (χ1) is 18.5. The lowest BCUT2D eigenvalue weighted by Gasteiger charge is -2.30. The first-order valence-electron chi connectivity index (χ1n) is 13.2.